The van der Waals surface area contributed by atoms with Gasteiger partial charge in [0.2, 0.25) is 0 Å². The van der Waals surface area contributed by atoms with E-state index in [1.165, 1.54) is 25.7 Å². The van der Waals surface area contributed by atoms with Crippen LogP contribution in [0.2, 0.25) is 0 Å². The smallest absolute Gasteiger partial charge is 0.272 e. The second kappa shape index (κ2) is 7.24. The molecule has 21 heavy (non-hydrogen) atoms. The van der Waals surface area contributed by atoms with E-state index >= 15 is 0 Å². The molecule has 1 aromatic heterocycles. The van der Waals surface area contributed by atoms with Gasteiger partial charge in [-0.15, -0.1) is 12.4 Å². The van der Waals surface area contributed by atoms with Crippen molar-refractivity contribution in [2.24, 2.45) is 0 Å². The Morgan fingerprint density at radius 3 is 2.90 bits per heavy atom. The van der Waals surface area contributed by atoms with Crippen molar-refractivity contribution < 1.29 is 9.53 Å². The van der Waals surface area contributed by atoms with Gasteiger partial charge < -0.3 is 15.4 Å². The van der Waals surface area contributed by atoms with Crippen LogP contribution in [-0.4, -0.2) is 48.0 Å². The van der Waals surface area contributed by atoms with E-state index in [0.717, 1.165) is 13.1 Å². The van der Waals surface area contributed by atoms with Crippen LogP contribution in [0.25, 0.3) is 0 Å². The number of amides is 1. The number of halogens is 1. The predicted molar refractivity (Wildman–Crippen MR) is 81.9 cm³/mol. The number of hydrogen-bond acceptors (Lipinski definition) is 4. The zero-order valence-corrected chi connectivity index (χ0v) is 13.1. The fraction of sp³-hybridized carbons (Fsp3) is 0.714. The highest BCUT2D eigenvalue weighted by atomic mass is 35.5. The lowest BCUT2D eigenvalue weighted by Gasteiger charge is -2.17. The van der Waals surface area contributed by atoms with Crippen molar-refractivity contribution in [1.29, 1.82) is 0 Å². The van der Waals surface area contributed by atoms with Crippen LogP contribution >= 0.6 is 12.4 Å². The fourth-order valence-corrected chi connectivity index (χ4v) is 3.12. The first-order chi connectivity index (χ1) is 9.78. The molecule has 1 aliphatic carbocycles. The monoisotopic (exact) mass is 314 g/mol. The average Bonchev–Trinajstić information content (AvgIpc) is 3.19. The van der Waals surface area contributed by atoms with E-state index in [4.69, 9.17) is 4.74 Å². The van der Waals surface area contributed by atoms with Gasteiger partial charge in [-0.3, -0.25) is 9.48 Å². The summed E-state index contributed by atoms with van der Waals surface area (Å²) in [6.07, 6.45) is 6.81. The minimum atomic E-state index is -0.113. The van der Waals surface area contributed by atoms with E-state index in [1.807, 2.05) is 10.9 Å². The summed E-state index contributed by atoms with van der Waals surface area (Å²) in [6.45, 7) is 1.52. The average molecular weight is 315 g/mol. The first-order valence-corrected chi connectivity index (χ1v) is 7.37. The third kappa shape index (κ3) is 3.56. The molecule has 2 aliphatic rings. The molecular weight excluding hydrogens is 292 g/mol. The van der Waals surface area contributed by atoms with Crippen LogP contribution < -0.4 is 10.6 Å². The highest BCUT2D eigenvalue weighted by molar-refractivity contribution is 5.92. The Morgan fingerprint density at radius 1 is 1.43 bits per heavy atom. The van der Waals surface area contributed by atoms with E-state index < -0.39 is 0 Å². The van der Waals surface area contributed by atoms with Crippen LogP contribution in [0.5, 0.6) is 0 Å². The van der Waals surface area contributed by atoms with E-state index in [2.05, 4.69) is 15.7 Å². The van der Waals surface area contributed by atoms with E-state index in [1.54, 1.807) is 13.2 Å². The summed E-state index contributed by atoms with van der Waals surface area (Å²) in [5.41, 5.74) is 0.499. The topological polar surface area (TPSA) is 68.2 Å². The molecule has 1 aliphatic heterocycles. The third-order valence-corrected chi connectivity index (χ3v) is 4.32. The van der Waals surface area contributed by atoms with Crippen LogP contribution in [0.3, 0.4) is 0 Å². The SMILES string of the molecule is COC1CNCC1NC(=O)c1ccn(C2CCCC2)n1.Cl. The van der Waals surface area contributed by atoms with Crippen LogP contribution in [0.4, 0.5) is 0 Å². The summed E-state index contributed by atoms with van der Waals surface area (Å²) in [6, 6.07) is 2.29. The summed E-state index contributed by atoms with van der Waals surface area (Å²) < 4.78 is 7.29. The molecule has 6 nitrogen and oxygen atoms in total. The van der Waals surface area contributed by atoms with Crippen molar-refractivity contribution in [3.63, 3.8) is 0 Å². The molecule has 2 fully saturated rings. The van der Waals surface area contributed by atoms with Crippen molar-refractivity contribution >= 4 is 18.3 Å². The highest BCUT2D eigenvalue weighted by Gasteiger charge is 2.29. The first kappa shape index (κ1) is 16.3. The van der Waals surface area contributed by atoms with Gasteiger partial charge in [-0.25, -0.2) is 0 Å². The molecule has 1 amide bonds. The van der Waals surface area contributed by atoms with Gasteiger partial charge in [0.15, 0.2) is 0 Å². The van der Waals surface area contributed by atoms with Gasteiger partial charge in [0.05, 0.1) is 18.2 Å². The molecule has 2 N–H and O–H groups in total. The molecule has 7 heteroatoms. The minimum Gasteiger partial charge on any atom is -0.378 e. The van der Waals surface area contributed by atoms with Gasteiger partial charge in [0.25, 0.3) is 5.91 Å². The molecule has 0 aromatic carbocycles. The maximum absolute atomic E-state index is 12.2. The maximum Gasteiger partial charge on any atom is 0.272 e. The van der Waals surface area contributed by atoms with Gasteiger partial charge in [-0.1, -0.05) is 12.8 Å². The van der Waals surface area contributed by atoms with Crippen molar-refractivity contribution in [3.05, 3.63) is 18.0 Å². The molecule has 0 bridgehead atoms. The fourth-order valence-electron chi connectivity index (χ4n) is 3.12. The van der Waals surface area contributed by atoms with Gasteiger partial charge in [0.1, 0.15) is 5.69 Å². The van der Waals surface area contributed by atoms with Crippen molar-refractivity contribution in [1.82, 2.24) is 20.4 Å². The summed E-state index contributed by atoms with van der Waals surface area (Å²) in [5, 5.41) is 10.6. The van der Waals surface area contributed by atoms with Crippen LogP contribution in [0.1, 0.15) is 42.2 Å². The van der Waals surface area contributed by atoms with Crippen molar-refractivity contribution in [3.8, 4) is 0 Å². The summed E-state index contributed by atoms with van der Waals surface area (Å²) >= 11 is 0. The quantitative estimate of drug-likeness (QED) is 0.874. The minimum absolute atomic E-state index is 0. The van der Waals surface area contributed by atoms with Crippen molar-refractivity contribution in [2.75, 3.05) is 20.2 Å². The van der Waals surface area contributed by atoms with E-state index in [-0.39, 0.29) is 30.5 Å². The molecule has 2 heterocycles. The molecular formula is C14H23ClN4O2. The third-order valence-electron chi connectivity index (χ3n) is 4.32. The number of nitrogens with one attached hydrogen (secondary N) is 2. The zero-order chi connectivity index (χ0) is 13.9. The zero-order valence-electron chi connectivity index (χ0n) is 12.2. The molecule has 1 saturated carbocycles. The lowest BCUT2D eigenvalue weighted by molar-refractivity contribution is 0.0775. The molecule has 0 spiro atoms. The Kier molecular flexibility index (Phi) is 5.61. The Bertz CT molecular complexity index is 473. The number of rotatable bonds is 4. The van der Waals surface area contributed by atoms with Gasteiger partial charge >= 0.3 is 0 Å². The second-order valence-electron chi connectivity index (χ2n) is 5.63. The second-order valence-corrected chi connectivity index (χ2v) is 5.63. The molecule has 3 rings (SSSR count). The molecule has 1 saturated heterocycles. The van der Waals surface area contributed by atoms with Crippen LogP contribution in [0, 0.1) is 0 Å². The van der Waals surface area contributed by atoms with Crippen LogP contribution in [-0.2, 0) is 4.74 Å². The van der Waals surface area contributed by atoms with E-state index in [0.29, 0.717) is 11.7 Å². The van der Waals surface area contributed by atoms with Crippen molar-refractivity contribution in [2.45, 2.75) is 43.9 Å². The lowest BCUT2D eigenvalue weighted by Crippen LogP contribution is -2.43. The van der Waals surface area contributed by atoms with Gasteiger partial charge in [0, 0.05) is 26.4 Å². The summed E-state index contributed by atoms with van der Waals surface area (Å²) in [5.74, 6) is -0.113. The number of nitrogens with zero attached hydrogens (tertiary/aromatic N) is 2. The Morgan fingerprint density at radius 2 is 2.19 bits per heavy atom. The summed E-state index contributed by atoms with van der Waals surface area (Å²) in [7, 11) is 1.67. The van der Waals surface area contributed by atoms with Gasteiger partial charge in [-0.05, 0) is 18.9 Å². The largest absolute Gasteiger partial charge is 0.378 e. The molecule has 118 valence electrons. The predicted octanol–water partition coefficient (Wildman–Crippen LogP) is 1.14. The number of ether oxygens (including phenoxy) is 1. The number of methoxy groups -OCH3 is 1. The normalized spacial score (nSPS) is 25.8. The standard InChI is InChI=1S/C14H22N4O2.ClH/c1-20-13-9-15-8-12(13)16-14(19)11-6-7-18(17-11)10-4-2-3-5-10;/h6-7,10,12-13,15H,2-5,8-9H2,1H3,(H,16,19);1H. The Hall–Kier alpha value is -1.11. The lowest BCUT2D eigenvalue weighted by atomic mass is 10.2. The number of aromatic nitrogens is 2. The Labute approximate surface area is 131 Å². The maximum atomic E-state index is 12.2. The highest BCUT2D eigenvalue weighted by Crippen LogP contribution is 2.28. The summed E-state index contributed by atoms with van der Waals surface area (Å²) in [4.78, 5) is 12.2. The number of carbonyl (C=O) groups excluding carboxylic acids is 1. The molecule has 2 unspecified atom stereocenters. The van der Waals surface area contributed by atoms with E-state index in [9.17, 15) is 4.79 Å². The Balaban J connectivity index is 0.00000161. The van der Waals surface area contributed by atoms with Crippen LogP contribution in [0.15, 0.2) is 12.3 Å². The molecule has 1 aromatic rings. The van der Waals surface area contributed by atoms with Gasteiger partial charge in [-0.2, -0.15) is 5.10 Å². The number of carbonyl (C=O) groups is 1. The molecule has 0 radical (unpaired) electrons. The first-order valence-electron chi connectivity index (χ1n) is 7.37. The number of hydrogen-bond donors (Lipinski definition) is 2. The molecule has 2 atom stereocenters.